The van der Waals surface area contributed by atoms with E-state index in [0.717, 1.165) is 6.42 Å². The van der Waals surface area contributed by atoms with Crippen molar-refractivity contribution in [3.63, 3.8) is 0 Å². The van der Waals surface area contributed by atoms with Gasteiger partial charge < -0.3 is 10.1 Å². The van der Waals surface area contributed by atoms with Crippen molar-refractivity contribution in [2.24, 2.45) is 0 Å². The molecule has 2 rings (SSSR count). The third kappa shape index (κ3) is 2.18. The highest BCUT2D eigenvalue weighted by molar-refractivity contribution is 5.70. The second-order valence-corrected chi connectivity index (χ2v) is 3.55. The summed E-state index contributed by atoms with van der Waals surface area (Å²) in [5, 5.41) is 2.77. The summed E-state index contributed by atoms with van der Waals surface area (Å²) < 4.78 is 5.03. The third-order valence-corrected chi connectivity index (χ3v) is 2.47. The predicted molar refractivity (Wildman–Crippen MR) is 57.5 cm³/mol. The molecule has 15 heavy (non-hydrogen) atoms. The van der Waals surface area contributed by atoms with Gasteiger partial charge in [0.05, 0.1) is 6.04 Å². The van der Waals surface area contributed by atoms with Gasteiger partial charge in [0, 0.05) is 0 Å². The average molecular weight is 203 g/mol. The van der Waals surface area contributed by atoms with Crippen molar-refractivity contribution in [1.29, 1.82) is 0 Å². The van der Waals surface area contributed by atoms with Gasteiger partial charge in [-0.25, -0.2) is 4.79 Å². The van der Waals surface area contributed by atoms with E-state index < -0.39 is 0 Å². The minimum atomic E-state index is -0.360. The molecule has 0 bridgehead atoms. The number of amides is 1. The second-order valence-electron chi connectivity index (χ2n) is 3.55. The van der Waals surface area contributed by atoms with Gasteiger partial charge in [0.2, 0.25) is 0 Å². The smallest absolute Gasteiger partial charge is 0.408 e. The number of hydrogen-bond donors (Lipinski definition) is 1. The first-order valence-electron chi connectivity index (χ1n) is 4.93. The predicted octanol–water partition coefficient (Wildman–Crippen LogP) is 1.89. The fraction of sp³-hybridized carbons (Fsp3) is 0.250. The number of carbonyl (C=O) groups is 1. The standard InChI is InChI=1S/C12H13NO2/c1-2-11-10(13-12(14)15-11)8-9-6-4-3-5-7-9/h2-7,10-11H,1,8H2,(H,13,14)/t10-,11-/m1/s1. The maximum absolute atomic E-state index is 11.0. The molecule has 78 valence electrons. The number of benzene rings is 1. The van der Waals surface area contributed by atoms with Crippen LogP contribution in [0.1, 0.15) is 5.56 Å². The van der Waals surface area contributed by atoms with Crippen LogP contribution in [0.4, 0.5) is 4.79 Å². The number of rotatable bonds is 3. The highest BCUT2D eigenvalue weighted by Gasteiger charge is 2.31. The molecule has 0 aromatic heterocycles. The quantitative estimate of drug-likeness (QED) is 0.762. The zero-order chi connectivity index (χ0) is 10.7. The second kappa shape index (κ2) is 4.17. The first-order chi connectivity index (χ1) is 7.29. The van der Waals surface area contributed by atoms with E-state index in [1.807, 2.05) is 30.3 Å². The molecule has 3 heteroatoms. The Morgan fingerprint density at radius 1 is 1.40 bits per heavy atom. The van der Waals surface area contributed by atoms with Gasteiger partial charge in [0.25, 0.3) is 0 Å². The SMILES string of the molecule is C=C[C@H]1OC(=O)N[C@@H]1Cc1ccccc1. The summed E-state index contributed by atoms with van der Waals surface area (Å²) in [6.45, 7) is 3.65. The van der Waals surface area contributed by atoms with Gasteiger partial charge in [0.15, 0.2) is 0 Å². The van der Waals surface area contributed by atoms with Crippen LogP contribution >= 0.6 is 0 Å². The van der Waals surface area contributed by atoms with E-state index in [1.54, 1.807) is 6.08 Å². The molecular formula is C12H13NO2. The summed E-state index contributed by atoms with van der Waals surface area (Å²) in [7, 11) is 0. The van der Waals surface area contributed by atoms with Crippen molar-refractivity contribution in [2.45, 2.75) is 18.6 Å². The maximum atomic E-state index is 11.0. The summed E-state index contributed by atoms with van der Waals surface area (Å²) >= 11 is 0. The molecule has 1 fully saturated rings. The Hall–Kier alpha value is -1.77. The number of nitrogens with one attached hydrogen (secondary N) is 1. The van der Waals surface area contributed by atoms with Crippen molar-refractivity contribution in [2.75, 3.05) is 0 Å². The maximum Gasteiger partial charge on any atom is 0.408 e. The zero-order valence-corrected chi connectivity index (χ0v) is 8.35. The van der Waals surface area contributed by atoms with E-state index in [1.165, 1.54) is 5.56 Å². The van der Waals surface area contributed by atoms with E-state index >= 15 is 0 Å². The molecule has 1 amide bonds. The minimum absolute atomic E-state index is 0.00241. The van der Waals surface area contributed by atoms with Crippen LogP contribution in [-0.4, -0.2) is 18.2 Å². The first kappa shape index (κ1) is 9.77. The van der Waals surface area contributed by atoms with Crippen LogP contribution in [0.25, 0.3) is 0 Å². The topological polar surface area (TPSA) is 38.3 Å². The van der Waals surface area contributed by atoms with Crippen LogP contribution in [-0.2, 0) is 11.2 Å². The number of hydrogen-bond acceptors (Lipinski definition) is 2. The Morgan fingerprint density at radius 2 is 2.13 bits per heavy atom. The molecule has 1 aliphatic rings. The average Bonchev–Trinajstić information content (AvgIpc) is 2.60. The van der Waals surface area contributed by atoms with Crippen LogP contribution in [0, 0.1) is 0 Å². The van der Waals surface area contributed by atoms with Crippen LogP contribution in [0.2, 0.25) is 0 Å². The lowest BCUT2D eigenvalue weighted by atomic mass is 10.0. The van der Waals surface area contributed by atoms with Crippen molar-refractivity contribution >= 4 is 6.09 Å². The molecule has 0 aliphatic carbocycles. The first-order valence-corrected chi connectivity index (χ1v) is 4.93. The molecule has 1 aromatic rings. The molecular weight excluding hydrogens is 190 g/mol. The van der Waals surface area contributed by atoms with Gasteiger partial charge in [-0.3, -0.25) is 0 Å². The summed E-state index contributed by atoms with van der Waals surface area (Å²) in [5.74, 6) is 0. The number of cyclic esters (lactones) is 1. The largest absolute Gasteiger partial charge is 0.440 e. The molecule has 1 heterocycles. The van der Waals surface area contributed by atoms with Gasteiger partial charge in [-0.1, -0.05) is 36.9 Å². The summed E-state index contributed by atoms with van der Waals surface area (Å²) in [4.78, 5) is 11.0. The van der Waals surface area contributed by atoms with Crippen LogP contribution < -0.4 is 5.32 Å². The van der Waals surface area contributed by atoms with E-state index in [4.69, 9.17) is 4.74 Å². The highest BCUT2D eigenvalue weighted by Crippen LogP contribution is 2.14. The summed E-state index contributed by atoms with van der Waals surface area (Å²) in [5.41, 5.74) is 1.18. The fourth-order valence-electron chi connectivity index (χ4n) is 1.72. The Kier molecular flexibility index (Phi) is 2.72. The Balaban J connectivity index is 2.06. The van der Waals surface area contributed by atoms with E-state index in [-0.39, 0.29) is 18.2 Å². The van der Waals surface area contributed by atoms with E-state index in [9.17, 15) is 4.79 Å². The third-order valence-electron chi connectivity index (χ3n) is 2.47. The van der Waals surface area contributed by atoms with Crippen LogP contribution in [0.5, 0.6) is 0 Å². The lowest BCUT2D eigenvalue weighted by Gasteiger charge is -2.12. The Labute approximate surface area is 88.8 Å². The zero-order valence-electron chi connectivity index (χ0n) is 8.35. The number of ether oxygens (including phenoxy) is 1. The molecule has 0 saturated carbocycles. The van der Waals surface area contributed by atoms with Gasteiger partial charge in [-0.05, 0) is 18.1 Å². The molecule has 0 unspecified atom stereocenters. The van der Waals surface area contributed by atoms with Gasteiger partial charge in [-0.2, -0.15) is 0 Å². The van der Waals surface area contributed by atoms with Gasteiger partial charge in [0.1, 0.15) is 6.10 Å². The Morgan fingerprint density at radius 3 is 2.80 bits per heavy atom. The lowest BCUT2D eigenvalue weighted by molar-refractivity contribution is 0.153. The normalized spacial score (nSPS) is 24.4. The van der Waals surface area contributed by atoms with Gasteiger partial charge >= 0.3 is 6.09 Å². The van der Waals surface area contributed by atoms with Crippen LogP contribution in [0.15, 0.2) is 43.0 Å². The van der Waals surface area contributed by atoms with Crippen molar-refractivity contribution in [3.8, 4) is 0 Å². The fourth-order valence-corrected chi connectivity index (χ4v) is 1.72. The lowest BCUT2D eigenvalue weighted by Crippen LogP contribution is -2.32. The minimum Gasteiger partial charge on any atom is -0.440 e. The monoisotopic (exact) mass is 203 g/mol. The molecule has 1 aliphatic heterocycles. The Bertz CT molecular complexity index is 361. The van der Waals surface area contributed by atoms with Crippen molar-refractivity contribution in [1.82, 2.24) is 5.32 Å². The molecule has 1 N–H and O–H groups in total. The molecule has 2 atom stereocenters. The molecule has 0 radical (unpaired) electrons. The van der Waals surface area contributed by atoms with Crippen LogP contribution in [0.3, 0.4) is 0 Å². The number of carbonyl (C=O) groups excluding carboxylic acids is 1. The molecule has 1 saturated heterocycles. The van der Waals surface area contributed by atoms with E-state index in [2.05, 4.69) is 11.9 Å². The molecule has 0 spiro atoms. The van der Waals surface area contributed by atoms with Crippen molar-refractivity contribution in [3.05, 3.63) is 48.6 Å². The van der Waals surface area contributed by atoms with E-state index in [0.29, 0.717) is 0 Å². The highest BCUT2D eigenvalue weighted by atomic mass is 16.6. The number of alkyl carbamates (subject to hydrolysis) is 1. The summed E-state index contributed by atoms with van der Waals surface area (Å²) in [6.07, 6.45) is 1.84. The van der Waals surface area contributed by atoms with Gasteiger partial charge in [-0.15, -0.1) is 0 Å². The molecule has 1 aromatic carbocycles. The van der Waals surface area contributed by atoms with Crippen molar-refractivity contribution < 1.29 is 9.53 Å². The molecule has 3 nitrogen and oxygen atoms in total. The summed E-state index contributed by atoms with van der Waals surface area (Å²) in [6, 6.07) is 10.00.